The maximum absolute atomic E-state index is 12.0. The van der Waals surface area contributed by atoms with Crippen LogP contribution in [0.4, 0.5) is 8.78 Å². The minimum absolute atomic E-state index is 0.185. The molecule has 0 aromatic rings. The molecule has 0 spiro atoms. The van der Waals surface area contributed by atoms with Crippen LogP contribution in [0.5, 0.6) is 0 Å². The molecule has 0 aliphatic heterocycles. The highest BCUT2D eigenvalue weighted by Gasteiger charge is 2.11. The Bertz CT molecular complexity index is 298. The first kappa shape index (κ1) is 4.01. The van der Waals surface area contributed by atoms with Gasteiger partial charge in [-0.15, -0.1) is 0 Å². The molecule has 0 N–H and O–H groups in total. The highest BCUT2D eigenvalue weighted by molar-refractivity contribution is 5.26. The van der Waals surface area contributed by atoms with E-state index in [4.69, 9.17) is 0 Å². The molecule has 0 amide bonds. The molecule has 2 rings (SSSR count). The van der Waals surface area contributed by atoms with Gasteiger partial charge in [-0.1, -0.05) is 0 Å². The first-order valence-electron chi connectivity index (χ1n) is 2.28. The fraction of sp³-hybridized carbons (Fsp3) is 0. The van der Waals surface area contributed by atoms with E-state index in [1.165, 1.54) is 12.1 Å². The zero-order valence-corrected chi connectivity index (χ0v) is 3.91. The van der Waals surface area contributed by atoms with Crippen molar-refractivity contribution in [2.45, 2.75) is 0 Å². The van der Waals surface area contributed by atoms with E-state index in [9.17, 15) is 8.78 Å². The maximum atomic E-state index is 12.0. The van der Waals surface area contributed by atoms with E-state index in [2.05, 4.69) is 0 Å². The number of rotatable bonds is 0. The number of hydrogen-bond donors (Lipinski definition) is 0. The summed E-state index contributed by atoms with van der Waals surface area (Å²) < 4.78 is 24.0. The molecule has 0 atom stereocenters. The lowest BCUT2D eigenvalue weighted by Gasteiger charge is -2.03. The molecule has 2 aliphatic carbocycles. The second-order valence-electron chi connectivity index (χ2n) is 1.81. The van der Waals surface area contributed by atoms with Gasteiger partial charge in [-0.25, -0.2) is 8.78 Å². The first-order valence-corrected chi connectivity index (χ1v) is 2.28. The van der Waals surface area contributed by atoms with Gasteiger partial charge in [0.1, 0.15) is 11.6 Å². The summed E-state index contributed by atoms with van der Waals surface area (Å²) in [4.78, 5) is 0. The van der Waals surface area contributed by atoms with Gasteiger partial charge in [-0.05, 0) is 17.4 Å². The lowest BCUT2D eigenvalue weighted by Crippen LogP contribution is -1.97. The summed E-state index contributed by atoms with van der Waals surface area (Å²) in [7, 11) is 0. The molecule has 40 valence electrons. The molecule has 0 unspecified atom stereocenters. The molecule has 2 heteroatoms. The average molecular weight is 112 g/mol. The Kier molecular flexibility index (Phi) is 0.460. The van der Waals surface area contributed by atoms with Gasteiger partial charge in [-0.2, -0.15) is 0 Å². The van der Waals surface area contributed by atoms with Crippen LogP contribution in [-0.4, -0.2) is 0 Å². The van der Waals surface area contributed by atoms with Gasteiger partial charge in [0.2, 0.25) is 0 Å². The Labute approximate surface area is 44.1 Å². The Morgan fingerprint density at radius 2 is 1.50 bits per heavy atom. The van der Waals surface area contributed by atoms with Crippen LogP contribution in [-0.2, 0) is 0 Å². The van der Waals surface area contributed by atoms with Crippen LogP contribution in [0.15, 0.2) is 12.1 Å². The molecular formula is C6H2F2. The summed E-state index contributed by atoms with van der Waals surface area (Å²) in [6.45, 7) is 0. The first-order chi connectivity index (χ1) is 3.79. The molecular weight excluding hydrogens is 110 g/mol. The smallest absolute Gasteiger partial charge is 0.134 e. The van der Waals surface area contributed by atoms with Crippen molar-refractivity contribution in [1.29, 1.82) is 0 Å². The van der Waals surface area contributed by atoms with Crippen LogP contribution in [0.2, 0.25) is 0 Å². The predicted molar refractivity (Wildman–Crippen MR) is 24.0 cm³/mol. The standard InChI is InChI=1S/C6H2F2/c7-4-1-3-2-5(8)6(3)4/h1-2H. The molecule has 0 bridgehead atoms. The molecule has 2 aliphatic rings. The summed E-state index contributed by atoms with van der Waals surface area (Å²) in [6, 6.07) is 2.64. The highest BCUT2D eigenvalue weighted by Crippen LogP contribution is 2.17. The van der Waals surface area contributed by atoms with Gasteiger partial charge in [-0.3, -0.25) is 0 Å². The van der Waals surface area contributed by atoms with Crippen LogP contribution in [0.1, 0.15) is 0 Å². The Morgan fingerprint density at radius 3 is 1.62 bits per heavy atom. The lowest BCUT2D eigenvalue weighted by atomic mass is 10.1. The summed E-state index contributed by atoms with van der Waals surface area (Å²) >= 11 is 0. The van der Waals surface area contributed by atoms with Crippen LogP contribution < -0.4 is 0 Å². The minimum Gasteiger partial charge on any atom is -0.206 e. The van der Waals surface area contributed by atoms with Crippen molar-refractivity contribution in [1.82, 2.24) is 0 Å². The van der Waals surface area contributed by atoms with Crippen molar-refractivity contribution in [3.8, 4) is 0 Å². The summed E-state index contributed by atoms with van der Waals surface area (Å²) in [6.07, 6.45) is 0. The Morgan fingerprint density at radius 1 is 1.00 bits per heavy atom. The van der Waals surface area contributed by atoms with E-state index in [1.54, 1.807) is 0 Å². The molecule has 0 fully saturated rings. The Hall–Kier alpha value is -0.920. The van der Waals surface area contributed by atoms with Crippen molar-refractivity contribution >= 4 is 0 Å². The van der Waals surface area contributed by atoms with E-state index in [0.29, 0.717) is 5.22 Å². The molecule has 0 radical (unpaired) electrons. The maximum Gasteiger partial charge on any atom is 0.134 e. The monoisotopic (exact) mass is 112 g/mol. The van der Waals surface area contributed by atoms with E-state index >= 15 is 0 Å². The molecule has 0 nitrogen and oxygen atoms in total. The minimum atomic E-state index is -0.417. The van der Waals surface area contributed by atoms with Gasteiger partial charge in [0.05, 0.1) is 5.22 Å². The van der Waals surface area contributed by atoms with E-state index in [-0.39, 0.29) is 5.22 Å². The number of halogens is 2. The topological polar surface area (TPSA) is 0 Å². The second kappa shape index (κ2) is 0.917. The SMILES string of the molecule is Fc1cc2cc(F)c1=2. The summed E-state index contributed by atoms with van der Waals surface area (Å²) in [5, 5.41) is 0.894. The fourth-order valence-corrected chi connectivity index (χ4v) is 0.838. The molecule has 0 heterocycles. The van der Waals surface area contributed by atoms with E-state index < -0.39 is 11.6 Å². The van der Waals surface area contributed by atoms with Crippen LogP contribution in [0, 0.1) is 22.1 Å². The second-order valence-corrected chi connectivity index (χ2v) is 1.81. The average Bonchev–Trinajstić information content (AvgIpc) is 1.63. The van der Waals surface area contributed by atoms with Gasteiger partial charge in [0, 0.05) is 0 Å². The highest BCUT2D eigenvalue weighted by atomic mass is 19.1. The lowest BCUT2D eigenvalue weighted by molar-refractivity contribution is 0.547. The summed E-state index contributed by atoms with van der Waals surface area (Å²) in [5.74, 6) is -0.833. The van der Waals surface area contributed by atoms with Crippen molar-refractivity contribution in [2.24, 2.45) is 0 Å². The Balaban J connectivity index is 2.90. The summed E-state index contributed by atoms with van der Waals surface area (Å²) in [5.41, 5.74) is 0. The zero-order chi connectivity index (χ0) is 5.72. The van der Waals surface area contributed by atoms with Crippen LogP contribution in [0.25, 0.3) is 0 Å². The fourth-order valence-electron chi connectivity index (χ4n) is 0.838. The zero-order valence-electron chi connectivity index (χ0n) is 3.91. The third-order valence-corrected chi connectivity index (χ3v) is 1.33. The van der Waals surface area contributed by atoms with Gasteiger partial charge in [0.25, 0.3) is 0 Å². The normalized spacial score (nSPS) is 11.8. The van der Waals surface area contributed by atoms with Crippen molar-refractivity contribution in [3.63, 3.8) is 0 Å². The van der Waals surface area contributed by atoms with Crippen molar-refractivity contribution in [3.05, 3.63) is 34.2 Å². The molecule has 0 aromatic heterocycles. The quantitative estimate of drug-likeness (QED) is 0.485. The molecule has 0 aromatic carbocycles. The number of benzene rings is 1. The number of hydrogen-bond acceptors (Lipinski definition) is 0. The van der Waals surface area contributed by atoms with Gasteiger partial charge >= 0.3 is 0 Å². The largest absolute Gasteiger partial charge is 0.206 e. The predicted octanol–water partition coefficient (Wildman–Crippen LogP) is 1.57. The van der Waals surface area contributed by atoms with Crippen molar-refractivity contribution in [2.75, 3.05) is 0 Å². The van der Waals surface area contributed by atoms with Crippen LogP contribution in [0.3, 0.4) is 0 Å². The van der Waals surface area contributed by atoms with Crippen LogP contribution >= 0.6 is 0 Å². The van der Waals surface area contributed by atoms with Gasteiger partial charge in [0.15, 0.2) is 0 Å². The van der Waals surface area contributed by atoms with Crippen molar-refractivity contribution < 1.29 is 8.78 Å². The van der Waals surface area contributed by atoms with E-state index in [1.807, 2.05) is 0 Å². The third-order valence-electron chi connectivity index (χ3n) is 1.33. The van der Waals surface area contributed by atoms with E-state index in [0.717, 1.165) is 0 Å². The third kappa shape index (κ3) is 0.232. The molecule has 0 saturated carbocycles. The molecule has 8 heavy (non-hydrogen) atoms. The van der Waals surface area contributed by atoms with Gasteiger partial charge < -0.3 is 0 Å². The molecule has 0 saturated heterocycles.